The molecule has 0 aliphatic rings. The minimum atomic E-state index is -0.428. The lowest BCUT2D eigenvalue weighted by Crippen LogP contribution is -2.12. The van der Waals surface area contributed by atoms with Crippen molar-refractivity contribution >= 4 is 33.5 Å². The van der Waals surface area contributed by atoms with E-state index in [-0.39, 0.29) is 5.91 Å². The van der Waals surface area contributed by atoms with Gasteiger partial charge >= 0.3 is 5.97 Å². The number of halogens is 1. The maximum atomic E-state index is 12.1. The highest BCUT2D eigenvalue weighted by atomic mass is 79.9. The van der Waals surface area contributed by atoms with Crippen LogP contribution in [0.3, 0.4) is 0 Å². The van der Waals surface area contributed by atoms with Crippen molar-refractivity contribution in [3.8, 4) is 0 Å². The SMILES string of the molecule is COC(=O)c1ccc(C(=O)Nc2ccccc2Br)cc1. The summed E-state index contributed by atoms with van der Waals surface area (Å²) in [6.07, 6.45) is 0. The summed E-state index contributed by atoms with van der Waals surface area (Å²) in [7, 11) is 1.32. The molecule has 0 aliphatic carbocycles. The van der Waals surface area contributed by atoms with Crippen molar-refractivity contribution in [3.63, 3.8) is 0 Å². The van der Waals surface area contributed by atoms with Gasteiger partial charge in [-0.25, -0.2) is 4.79 Å². The smallest absolute Gasteiger partial charge is 0.337 e. The van der Waals surface area contributed by atoms with Gasteiger partial charge < -0.3 is 10.1 Å². The van der Waals surface area contributed by atoms with E-state index in [4.69, 9.17) is 0 Å². The van der Waals surface area contributed by atoms with Gasteiger partial charge in [-0.1, -0.05) is 12.1 Å². The molecule has 1 N–H and O–H groups in total. The molecule has 102 valence electrons. The largest absolute Gasteiger partial charge is 0.465 e. The number of anilines is 1. The van der Waals surface area contributed by atoms with Gasteiger partial charge in [0.2, 0.25) is 0 Å². The molecule has 0 aliphatic heterocycles. The standard InChI is InChI=1S/C15H12BrNO3/c1-20-15(19)11-8-6-10(7-9-11)14(18)17-13-5-3-2-4-12(13)16/h2-9H,1H3,(H,17,18). The Bertz CT molecular complexity index is 638. The molecule has 0 spiro atoms. The topological polar surface area (TPSA) is 55.4 Å². The average Bonchev–Trinajstić information content (AvgIpc) is 2.49. The highest BCUT2D eigenvalue weighted by Gasteiger charge is 2.10. The van der Waals surface area contributed by atoms with Crippen LogP contribution in [0, 0.1) is 0 Å². The third-order valence-electron chi connectivity index (χ3n) is 2.69. The van der Waals surface area contributed by atoms with Gasteiger partial charge in [0.25, 0.3) is 5.91 Å². The number of carbonyl (C=O) groups is 2. The van der Waals surface area contributed by atoms with Gasteiger partial charge in [-0.2, -0.15) is 0 Å². The first-order valence-electron chi connectivity index (χ1n) is 5.86. The summed E-state index contributed by atoms with van der Waals surface area (Å²) in [6.45, 7) is 0. The fourth-order valence-corrected chi connectivity index (χ4v) is 2.02. The number of rotatable bonds is 3. The van der Waals surface area contributed by atoms with Gasteiger partial charge in [-0.3, -0.25) is 4.79 Å². The van der Waals surface area contributed by atoms with Crippen molar-refractivity contribution in [2.45, 2.75) is 0 Å². The monoisotopic (exact) mass is 333 g/mol. The number of hydrogen-bond acceptors (Lipinski definition) is 3. The Morgan fingerprint density at radius 2 is 1.60 bits per heavy atom. The van der Waals surface area contributed by atoms with Crippen molar-refractivity contribution in [2.24, 2.45) is 0 Å². The van der Waals surface area contributed by atoms with E-state index in [1.807, 2.05) is 18.2 Å². The quantitative estimate of drug-likeness (QED) is 0.875. The van der Waals surface area contributed by atoms with Gasteiger partial charge in [0.1, 0.15) is 0 Å². The van der Waals surface area contributed by atoms with Gasteiger partial charge in [0.15, 0.2) is 0 Å². The van der Waals surface area contributed by atoms with Gasteiger partial charge in [-0.05, 0) is 52.3 Å². The molecule has 4 nitrogen and oxygen atoms in total. The number of methoxy groups -OCH3 is 1. The zero-order valence-corrected chi connectivity index (χ0v) is 12.3. The van der Waals surface area contributed by atoms with Gasteiger partial charge in [-0.15, -0.1) is 0 Å². The Kier molecular flexibility index (Phi) is 4.53. The molecule has 2 aromatic rings. The molecule has 0 heterocycles. The molecule has 0 radical (unpaired) electrons. The molecule has 0 fully saturated rings. The van der Waals surface area contributed by atoms with Crippen LogP contribution in [-0.4, -0.2) is 19.0 Å². The predicted octanol–water partition coefficient (Wildman–Crippen LogP) is 3.49. The van der Waals surface area contributed by atoms with E-state index in [1.165, 1.54) is 7.11 Å². The Morgan fingerprint density at radius 1 is 1.00 bits per heavy atom. The summed E-state index contributed by atoms with van der Waals surface area (Å²) in [4.78, 5) is 23.4. The Hall–Kier alpha value is -2.14. The van der Waals surface area contributed by atoms with Gasteiger partial charge in [0, 0.05) is 10.0 Å². The second kappa shape index (κ2) is 6.34. The molecule has 5 heteroatoms. The highest BCUT2D eigenvalue weighted by Crippen LogP contribution is 2.21. The second-order valence-corrected chi connectivity index (χ2v) is 4.86. The Balaban J connectivity index is 2.14. The third kappa shape index (κ3) is 3.24. The first-order valence-corrected chi connectivity index (χ1v) is 6.65. The lowest BCUT2D eigenvalue weighted by Gasteiger charge is -2.07. The number of esters is 1. The fourth-order valence-electron chi connectivity index (χ4n) is 1.63. The molecular formula is C15H12BrNO3. The van der Waals surface area contributed by atoms with Crippen LogP contribution >= 0.6 is 15.9 Å². The van der Waals surface area contributed by atoms with E-state index in [2.05, 4.69) is 26.0 Å². The summed E-state index contributed by atoms with van der Waals surface area (Å²) >= 11 is 3.36. The molecule has 2 rings (SSSR count). The van der Waals surface area contributed by atoms with E-state index in [0.717, 1.165) is 4.47 Å². The molecule has 0 atom stereocenters. The predicted molar refractivity (Wildman–Crippen MR) is 79.9 cm³/mol. The average molecular weight is 334 g/mol. The second-order valence-electron chi connectivity index (χ2n) is 4.00. The van der Waals surface area contributed by atoms with Crippen molar-refractivity contribution in [1.29, 1.82) is 0 Å². The maximum absolute atomic E-state index is 12.1. The number of hydrogen-bond donors (Lipinski definition) is 1. The molecule has 0 bridgehead atoms. The van der Waals surface area contributed by atoms with E-state index in [0.29, 0.717) is 16.8 Å². The van der Waals surface area contributed by atoms with E-state index < -0.39 is 5.97 Å². The first kappa shape index (κ1) is 14.3. The number of ether oxygens (including phenoxy) is 1. The van der Waals surface area contributed by atoms with E-state index in [1.54, 1.807) is 30.3 Å². The summed E-state index contributed by atoms with van der Waals surface area (Å²) in [5, 5.41) is 2.79. The van der Waals surface area contributed by atoms with Crippen LogP contribution in [-0.2, 0) is 4.74 Å². The zero-order chi connectivity index (χ0) is 14.5. The van der Waals surface area contributed by atoms with Crippen molar-refractivity contribution in [3.05, 3.63) is 64.1 Å². The molecule has 0 saturated heterocycles. The Morgan fingerprint density at radius 3 is 2.20 bits per heavy atom. The summed E-state index contributed by atoms with van der Waals surface area (Å²) in [6, 6.07) is 13.6. The summed E-state index contributed by atoms with van der Waals surface area (Å²) < 4.78 is 5.41. The highest BCUT2D eigenvalue weighted by molar-refractivity contribution is 9.10. The van der Waals surface area contributed by atoms with Crippen LogP contribution in [0.4, 0.5) is 5.69 Å². The minimum absolute atomic E-state index is 0.242. The molecule has 0 saturated carbocycles. The van der Waals surface area contributed by atoms with Crippen LogP contribution in [0.15, 0.2) is 53.0 Å². The number of amides is 1. The lowest BCUT2D eigenvalue weighted by molar-refractivity contribution is 0.0600. The van der Waals surface area contributed by atoms with Crippen LogP contribution < -0.4 is 5.32 Å². The number of benzene rings is 2. The lowest BCUT2D eigenvalue weighted by atomic mass is 10.1. The molecular weight excluding hydrogens is 322 g/mol. The third-order valence-corrected chi connectivity index (χ3v) is 3.38. The van der Waals surface area contributed by atoms with Crippen molar-refractivity contribution in [1.82, 2.24) is 0 Å². The normalized spacial score (nSPS) is 9.90. The van der Waals surface area contributed by atoms with Gasteiger partial charge in [0.05, 0.1) is 18.4 Å². The van der Waals surface area contributed by atoms with Crippen LogP contribution in [0.5, 0.6) is 0 Å². The van der Waals surface area contributed by atoms with Crippen molar-refractivity contribution < 1.29 is 14.3 Å². The van der Waals surface area contributed by atoms with E-state index >= 15 is 0 Å². The summed E-state index contributed by atoms with van der Waals surface area (Å²) in [5.41, 5.74) is 1.56. The molecule has 0 unspecified atom stereocenters. The number of carbonyl (C=O) groups excluding carboxylic acids is 2. The molecule has 1 amide bonds. The van der Waals surface area contributed by atoms with Crippen LogP contribution in [0.1, 0.15) is 20.7 Å². The summed E-state index contributed by atoms with van der Waals surface area (Å²) in [5.74, 6) is -0.670. The van der Waals surface area contributed by atoms with Crippen LogP contribution in [0.2, 0.25) is 0 Å². The number of nitrogens with one attached hydrogen (secondary N) is 1. The zero-order valence-electron chi connectivity index (χ0n) is 10.7. The first-order chi connectivity index (χ1) is 9.61. The van der Waals surface area contributed by atoms with E-state index in [9.17, 15) is 9.59 Å². The minimum Gasteiger partial charge on any atom is -0.465 e. The fraction of sp³-hybridized carbons (Fsp3) is 0.0667. The molecule has 0 aromatic heterocycles. The molecule has 20 heavy (non-hydrogen) atoms. The molecule has 2 aromatic carbocycles. The van der Waals surface area contributed by atoms with Crippen LogP contribution in [0.25, 0.3) is 0 Å². The number of para-hydroxylation sites is 1. The maximum Gasteiger partial charge on any atom is 0.337 e. The van der Waals surface area contributed by atoms with Crippen molar-refractivity contribution in [2.75, 3.05) is 12.4 Å². The Labute approximate surface area is 124 Å².